The Morgan fingerprint density at radius 3 is 2.70 bits per heavy atom. The number of nitrogens with two attached hydrogens (primary N) is 1. The van der Waals surface area contributed by atoms with Crippen molar-refractivity contribution in [1.82, 2.24) is 4.72 Å². The third kappa shape index (κ3) is 5.78. The highest BCUT2D eigenvalue weighted by atomic mass is 79.9. The van der Waals surface area contributed by atoms with E-state index in [1.807, 2.05) is 0 Å². The summed E-state index contributed by atoms with van der Waals surface area (Å²) in [6, 6.07) is 4.61. The summed E-state index contributed by atoms with van der Waals surface area (Å²) in [5, 5.41) is 0. The normalized spacial score (nSPS) is 12.0. The van der Waals surface area contributed by atoms with Gasteiger partial charge in [-0.1, -0.05) is 13.8 Å². The summed E-state index contributed by atoms with van der Waals surface area (Å²) >= 11 is 3.21. The van der Waals surface area contributed by atoms with E-state index in [1.165, 1.54) is 6.07 Å². The number of ether oxygens (including phenoxy) is 1. The Morgan fingerprint density at radius 1 is 1.40 bits per heavy atom. The Kier molecular flexibility index (Phi) is 6.94. The van der Waals surface area contributed by atoms with Crippen LogP contribution in [0.3, 0.4) is 0 Å². The molecule has 0 heterocycles. The fourth-order valence-corrected chi connectivity index (χ4v) is 3.68. The lowest BCUT2D eigenvalue weighted by Gasteiger charge is -2.10. The highest BCUT2D eigenvalue weighted by molar-refractivity contribution is 9.10. The maximum Gasteiger partial charge on any atom is 0.241 e. The maximum absolute atomic E-state index is 12.1. The molecule has 0 atom stereocenters. The molecule has 0 saturated carbocycles. The molecule has 1 aromatic rings. The van der Waals surface area contributed by atoms with Gasteiger partial charge in [0.25, 0.3) is 0 Å². The molecule has 0 unspecified atom stereocenters. The van der Waals surface area contributed by atoms with Crippen LogP contribution in [0.25, 0.3) is 0 Å². The predicted octanol–water partition coefficient (Wildman–Crippen LogP) is 2.37. The molecule has 0 bridgehead atoms. The molecule has 0 aromatic heterocycles. The van der Waals surface area contributed by atoms with Crippen molar-refractivity contribution in [3.05, 3.63) is 22.7 Å². The largest absolute Gasteiger partial charge is 0.399 e. The number of hydrogen-bond acceptors (Lipinski definition) is 4. The number of rotatable bonds is 8. The van der Waals surface area contributed by atoms with Crippen molar-refractivity contribution in [3.8, 4) is 0 Å². The number of benzene rings is 1. The summed E-state index contributed by atoms with van der Waals surface area (Å²) in [5.41, 5.74) is 6.10. The van der Waals surface area contributed by atoms with Gasteiger partial charge in [0.2, 0.25) is 10.0 Å². The van der Waals surface area contributed by atoms with E-state index in [-0.39, 0.29) is 4.90 Å². The second-order valence-electron chi connectivity index (χ2n) is 4.91. The first-order chi connectivity index (χ1) is 9.33. The Bertz CT molecular complexity index is 532. The molecule has 1 aromatic carbocycles. The van der Waals surface area contributed by atoms with Gasteiger partial charge in [-0.15, -0.1) is 0 Å². The number of sulfonamides is 1. The molecule has 20 heavy (non-hydrogen) atoms. The van der Waals surface area contributed by atoms with Gasteiger partial charge in [-0.2, -0.15) is 0 Å². The van der Waals surface area contributed by atoms with E-state index in [0.717, 1.165) is 0 Å². The Labute approximate surface area is 129 Å². The average molecular weight is 365 g/mol. The predicted molar refractivity (Wildman–Crippen MR) is 84.0 cm³/mol. The average Bonchev–Trinajstić information content (AvgIpc) is 2.32. The van der Waals surface area contributed by atoms with Crippen LogP contribution < -0.4 is 10.5 Å². The van der Waals surface area contributed by atoms with Crippen LogP contribution in [0.4, 0.5) is 5.69 Å². The summed E-state index contributed by atoms with van der Waals surface area (Å²) in [6.45, 7) is 5.72. The first-order valence-corrected chi connectivity index (χ1v) is 8.73. The minimum Gasteiger partial charge on any atom is -0.399 e. The van der Waals surface area contributed by atoms with E-state index in [9.17, 15) is 8.42 Å². The van der Waals surface area contributed by atoms with Crippen LogP contribution in [0, 0.1) is 5.92 Å². The lowest BCUT2D eigenvalue weighted by Crippen LogP contribution is -2.26. The Morgan fingerprint density at radius 2 is 2.10 bits per heavy atom. The smallest absolute Gasteiger partial charge is 0.241 e. The van der Waals surface area contributed by atoms with E-state index < -0.39 is 10.0 Å². The topological polar surface area (TPSA) is 81.4 Å². The fraction of sp³-hybridized carbons (Fsp3) is 0.538. The zero-order chi connectivity index (χ0) is 15.2. The number of halogens is 1. The minimum atomic E-state index is -3.52. The van der Waals surface area contributed by atoms with Gasteiger partial charge in [0.1, 0.15) is 0 Å². The van der Waals surface area contributed by atoms with Gasteiger partial charge in [-0.05, 0) is 46.5 Å². The van der Waals surface area contributed by atoms with Crippen molar-refractivity contribution in [3.63, 3.8) is 0 Å². The monoisotopic (exact) mass is 364 g/mol. The molecule has 0 aliphatic heterocycles. The zero-order valence-corrected chi connectivity index (χ0v) is 14.1. The van der Waals surface area contributed by atoms with Crippen molar-refractivity contribution in [2.24, 2.45) is 5.92 Å². The second-order valence-corrected chi connectivity index (χ2v) is 7.50. The summed E-state index contributed by atoms with van der Waals surface area (Å²) in [6.07, 6.45) is 0.637. The molecule has 0 amide bonds. The van der Waals surface area contributed by atoms with Crippen LogP contribution in [0.5, 0.6) is 0 Å². The highest BCUT2D eigenvalue weighted by Crippen LogP contribution is 2.23. The molecule has 5 nitrogen and oxygen atoms in total. The summed E-state index contributed by atoms with van der Waals surface area (Å²) < 4.78 is 32.6. The molecule has 0 saturated heterocycles. The molecule has 0 radical (unpaired) electrons. The highest BCUT2D eigenvalue weighted by Gasteiger charge is 2.16. The van der Waals surface area contributed by atoms with Crippen molar-refractivity contribution in [1.29, 1.82) is 0 Å². The Balaban J connectivity index is 2.46. The minimum absolute atomic E-state index is 0.190. The van der Waals surface area contributed by atoms with E-state index in [0.29, 0.717) is 42.3 Å². The fourth-order valence-electron chi connectivity index (χ4n) is 1.51. The number of anilines is 1. The van der Waals surface area contributed by atoms with Crippen LogP contribution in [-0.2, 0) is 14.8 Å². The second kappa shape index (κ2) is 7.97. The van der Waals surface area contributed by atoms with Gasteiger partial charge in [0.05, 0.1) is 4.90 Å². The summed E-state index contributed by atoms with van der Waals surface area (Å²) in [4.78, 5) is 0.190. The van der Waals surface area contributed by atoms with Crippen LogP contribution in [-0.4, -0.2) is 28.2 Å². The van der Waals surface area contributed by atoms with Gasteiger partial charge in [0, 0.05) is 29.9 Å². The number of nitrogen functional groups attached to an aromatic ring is 1. The van der Waals surface area contributed by atoms with Crippen LogP contribution in [0.2, 0.25) is 0 Å². The molecule has 3 N–H and O–H groups in total. The zero-order valence-electron chi connectivity index (χ0n) is 11.7. The molecule has 7 heteroatoms. The first kappa shape index (κ1) is 17.4. The van der Waals surface area contributed by atoms with Crippen molar-refractivity contribution in [2.45, 2.75) is 25.2 Å². The third-order valence-corrected chi connectivity index (χ3v) is 4.89. The quantitative estimate of drug-likeness (QED) is 0.547. The molecule has 114 valence electrons. The molecule has 1 rings (SSSR count). The van der Waals surface area contributed by atoms with Gasteiger partial charge in [-0.3, -0.25) is 0 Å². The van der Waals surface area contributed by atoms with E-state index in [2.05, 4.69) is 34.5 Å². The van der Waals surface area contributed by atoms with Gasteiger partial charge in [-0.25, -0.2) is 13.1 Å². The van der Waals surface area contributed by atoms with Crippen LogP contribution in [0.1, 0.15) is 20.3 Å². The lowest BCUT2D eigenvalue weighted by atomic mass is 10.2. The van der Waals surface area contributed by atoms with Crippen LogP contribution in [0.15, 0.2) is 27.6 Å². The maximum atomic E-state index is 12.1. The summed E-state index contributed by atoms with van der Waals surface area (Å²) in [7, 11) is -3.52. The van der Waals surface area contributed by atoms with Gasteiger partial charge < -0.3 is 10.5 Å². The van der Waals surface area contributed by atoms with E-state index in [4.69, 9.17) is 10.5 Å². The molecular weight excluding hydrogens is 344 g/mol. The SMILES string of the molecule is CC(C)COCCCNS(=O)(=O)c1ccc(N)cc1Br. The molecule has 0 aliphatic rings. The number of hydrogen-bond donors (Lipinski definition) is 2. The van der Waals surface area contributed by atoms with Crippen molar-refractivity contribution < 1.29 is 13.2 Å². The molecule has 0 spiro atoms. The van der Waals surface area contributed by atoms with E-state index in [1.54, 1.807) is 12.1 Å². The van der Waals surface area contributed by atoms with E-state index >= 15 is 0 Å². The Hall–Kier alpha value is -0.630. The molecule has 0 aliphatic carbocycles. The number of nitrogens with one attached hydrogen (secondary N) is 1. The third-order valence-electron chi connectivity index (χ3n) is 2.45. The lowest BCUT2D eigenvalue weighted by molar-refractivity contribution is 0.108. The summed E-state index contributed by atoms with van der Waals surface area (Å²) in [5.74, 6) is 0.484. The van der Waals surface area contributed by atoms with Crippen LogP contribution >= 0.6 is 15.9 Å². The standard InChI is InChI=1S/C13H21BrN2O3S/c1-10(2)9-19-7-3-6-16-20(17,18)13-5-4-11(15)8-12(13)14/h4-5,8,10,16H,3,6-7,9,15H2,1-2H3. The molecular formula is C13H21BrN2O3S. The first-order valence-electron chi connectivity index (χ1n) is 6.45. The van der Waals surface area contributed by atoms with Crippen molar-refractivity contribution in [2.75, 3.05) is 25.5 Å². The van der Waals surface area contributed by atoms with Crippen molar-refractivity contribution >= 4 is 31.6 Å². The molecule has 0 fully saturated rings. The van der Waals surface area contributed by atoms with Gasteiger partial charge in [0.15, 0.2) is 0 Å². The van der Waals surface area contributed by atoms with Gasteiger partial charge >= 0.3 is 0 Å².